The van der Waals surface area contributed by atoms with Crippen molar-refractivity contribution < 1.29 is 9.85 Å². The molecule has 0 aliphatic heterocycles. The van der Waals surface area contributed by atoms with Crippen molar-refractivity contribution in [3.8, 4) is 0 Å². The van der Waals surface area contributed by atoms with Gasteiger partial charge >= 0.3 is 0 Å². The summed E-state index contributed by atoms with van der Waals surface area (Å²) in [7, 11) is 0. The van der Waals surface area contributed by atoms with E-state index in [1.807, 2.05) is 0 Å². The normalized spacial score (nSPS) is 11.1. The van der Waals surface area contributed by atoms with Gasteiger partial charge < -0.3 is 0 Å². The Morgan fingerprint density at radius 3 is 2.30 bits per heavy atom. The van der Waals surface area contributed by atoms with Crippen molar-refractivity contribution in [3.63, 3.8) is 0 Å². The first-order chi connectivity index (χ1) is 4.54. The molecule has 0 unspecified atom stereocenters. The number of hydrogen-bond donors (Lipinski definition) is 0. The van der Waals surface area contributed by atoms with Crippen LogP contribution in [-0.2, 0) is 0 Å². The lowest BCUT2D eigenvalue weighted by atomic mass is 10.4. The molecule has 6 heteroatoms. The number of nitro groups is 2. The molecule has 0 aromatic rings. The standard InChI is InChI=1S/C4H6N2O4/c1-4(6(9)10)2-3-5(7)8/h2H,3H2,1H3/b4-2+. The smallest absolute Gasteiger partial charge is 0.245 e. The van der Waals surface area contributed by atoms with Crippen molar-refractivity contribution in [2.75, 3.05) is 6.54 Å². The summed E-state index contributed by atoms with van der Waals surface area (Å²) in [5, 5.41) is 19.5. The molecule has 6 nitrogen and oxygen atoms in total. The van der Waals surface area contributed by atoms with Gasteiger partial charge in [0.05, 0.1) is 11.0 Å². The number of rotatable bonds is 3. The second kappa shape index (κ2) is 3.54. The van der Waals surface area contributed by atoms with Crippen molar-refractivity contribution in [2.45, 2.75) is 6.92 Å². The summed E-state index contributed by atoms with van der Waals surface area (Å²) >= 11 is 0. The molecule has 56 valence electrons. The first-order valence-corrected chi connectivity index (χ1v) is 2.47. The Morgan fingerprint density at radius 2 is 2.00 bits per heavy atom. The summed E-state index contributed by atoms with van der Waals surface area (Å²) in [5.41, 5.74) is -0.197. The molecule has 10 heavy (non-hydrogen) atoms. The summed E-state index contributed by atoms with van der Waals surface area (Å²) in [6.07, 6.45) is 0.958. The van der Waals surface area contributed by atoms with E-state index in [2.05, 4.69) is 0 Å². The zero-order chi connectivity index (χ0) is 8.15. The molecule has 0 fully saturated rings. The fraction of sp³-hybridized carbons (Fsp3) is 0.500. The first kappa shape index (κ1) is 8.54. The highest BCUT2D eigenvalue weighted by Crippen LogP contribution is 1.91. The Hall–Kier alpha value is -1.46. The number of nitrogens with zero attached hydrogens (tertiary/aromatic N) is 2. The van der Waals surface area contributed by atoms with Crippen LogP contribution in [0.2, 0.25) is 0 Å². The van der Waals surface area contributed by atoms with Gasteiger partial charge in [-0.1, -0.05) is 0 Å². The summed E-state index contributed by atoms with van der Waals surface area (Å²) < 4.78 is 0. The van der Waals surface area contributed by atoms with E-state index in [9.17, 15) is 20.2 Å². The second-order valence-electron chi connectivity index (χ2n) is 1.62. The molecule has 0 aromatic heterocycles. The molecular weight excluding hydrogens is 140 g/mol. The average molecular weight is 146 g/mol. The Balaban J connectivity index is 3.92. The molecule has 0 spiro atoms. The summed E-state index contributed by atoms with van der Waals surface area (Å²) in [6.45, 7) is 0.719. The SMILES string of the molecule is C/C(=C\C[N+](=O)[O-])[N+](=O)[O-]. The van der Waals surface area contributed by atoms with Crippen molar-refractivity contribution in [2.24, 2.45) is 0 Å². The maximum Gasteiger partial charge on any atom is 0.245 e. The molecule has 0 bridgehead atoms. The lowest BCUT2D eigenvalue weighted by Crippen LogP contribution is -2.01. The minimum Gasteiger partial charge on any atom is -0.264 e. The van der Waals surface area contributed by atoms with Crippen molar-refractivity contribution in [1.29, 1.82) is 0 Å². The van der Waals surface area contributed by atoms with Gasteiger partial charge in [0.2, 0.25) is 12.2 Å². The fourth-order valence-electron chi connectivity index (χ4n) is 0.281. The quantitative estimate of drug-likeness (QED) is 0.427. The van der Waals surface area contributed by atoms with Crippen LogP contribution < -0.4 is 0 Å². The predicted molar refractivity (Wildman–Crippen MR) is 32.6 cm³/mol. The van der Waals surface area contributed by atoms with E-state index in [1.165, 1.54) is 6.92 Å². The monoisotopic (exact) mass is 146 g/mol. The van der Waals surface area contributed by atoms with E-state index < -0.39 is 16.4 Å². The molecule has 0 aromatic carbocycles. The van der Waals surface area contributed by atoms with Gasteiger partial charge in [0.1, 0.15) is 0 Å². The van der Waals surface area contributed by atoms with Gasteiger partial charge in [0.15, 0.2) is 0 Å². The van der Waals surface area contributed by atoms with Crippen LogP contribution in [-0.4, -0.2) is 16.4 Å². The lowest BCUT2D eigenvalue weighted by molar-refractivity contribution is -0.472. The molecule has 0 radical (unpaired) electrons. The first-order valence-electron chi connectivity index (χ1n) is 2.47. The maximum absolute atomic E-state index is 9.83. The number of allylic oxidation sites excluding steroid dienone is 1. The van der Waals surface area contributed by atoms with Crippen LogP contribution in [0.1, 0.15) is 6.92 Å². The zero-order valence-corrected chi connectivity index (χ0v) is 5.31. The third-order valence-corrected chi connectivity index (χ3v) is 0.824. The van der Waals surface area contributed by atoms with E-state index in [0.29, 0.717) is 0 Å². The minimum atomic E-state index is -0.663. The van der Waals surface area contributed by atoms with Crippen LogP contribution in [0.15, 0.2) is 11.8 Å². The van der Waals surface area contributed by atoms with Crippen LogP contribution >= 0.6 is 0 Å². The van der Waals surface area contributed by atoms with E-state index in [0.717, 1.165) is 6.08 Å². The Kier molecular flexibility index (Phi) is 3.03. The fourth-order valence-corrected chi connectivity index (χ4v) is 0.281. The molecular formula is C4H6N2O4. The summed E-state index contributed by atoms with van der Waals surface area (Å²) in [5.74, 6) is 0. The highest BCUT2D eigenvalue weighted by atomic mass is 16.6. The molecule has 0 aliphatic carbocycles. The Labute approximate surface area is 56.5 Å². The molecule has 0 saturated heterocycles. The van der Waals surface area contributed by atoms with Crippen molar-refractivity contribution in [1.82, 2.24) is 0 Å². The molecule has 0 N–H and O–H groups in total. The zero-order valence-electron chi connectivity index (χ0n) is 5.31. The summed E-state index contributed by atoms with van der Waals surface area (Å²) in [4.78, 5) is 18.2. The van der Waals surface area contributed by atoms with Gasteiger partial charge in [-0.15, -0.1) is 0 Å². The van der Waals surface area contributed by atoms with Crippen molar-refractivity contribution >= 4 is 0 Å². The predicted octanol–water partition coefficient (Wildman–Crippen LogP) is 0.444. The topological polar surface area (TPSA) is 86.3 Å². The Morgan fingerprint density at radius 1 is 1.50 bits per heavy atom. The van der Waals surface area contributed by atoms with Crippen LogP contribution in [0.4, 0.5) is 0 Å². The van der Waals surface area contributed by atoms with E-state index in [-0.39, 0.29) is 5.70 Å². The van der Waals surface area contributed by atoms with Gasteiger partial charge in [0, 0.05) is 11.8 Å². The van der Waals surface area contributed by atoms with Gasteiger partial charge in [0.25, 0.3) is 0 Å². The Bertz CT molecular complexity index is 186. The third kappa shape index (κ3) is 3.53. The van der Waals surface area contributed by atoms with E-state index >= 15 is 0 Å². The number of hydrogen-bond acceptors (Lipinski definition) is 4. The van der Waals surface area contributed by atoms with Crippen LogP contribution in [0.3, 0.4) is 0 Å². The molecule has 0 saturated carbocycles. The van der Waals surface area contributed by atoms with Gasteiger partial charge in [-0.3, -0.25) is 20.2 Å². The third-order valence-electron chi connectivity index (χ3n) is 0.824. The largest absolute Gasteiger partial charge is 0.264 e. The van der Waals surface area contributed by atoms with Gasteiger partial charge in [-0.25, -0.2) is 0 Å². The van der Waals surface area contributed by atoms with Gasteiger partial charge in [-0.05, 0) is 0 Å². The maximum atomic E-state index is 9.83. The van der Waals surface area contributed by atoms with Gasteiger partial charge in [-0.2, -0.15) is 0 Å². The molecule has 0 atom stereocenters. The van der Waals surface area contributed by atoms with Crippen LogP contribution in [0.25, 0.3) is 0 Å². The minimum absolute atomic E-state index is 0.197. The van der Waals surface area contributed by atoms with Crippen LogP contribution in [0, 0.1) is 20.2 Å². The molecule has 0 rings (SSSR count). The van der Waals surface area contributed by atoms with E-state index in [4.69, 9.17) is 0 Å². The molecule has 0 aliphatic rings. The highest BCUT2D eigenvalue weighted by Gasteiger charge is 2.02. The second-order valence-corrected chi connectivity index (χ2v) is 1.62. The van der Waals surface area contributed by atoms with Crippen molar-refractivity contribution in [3.05, 3.63) is 32.0 Å². The van der Waals surface area contributed by atoms with Crippen LogP contribution in [0.5, 0.6) is 0 Å². The average Bonchev–Trinajstić information content (AvgIpc) is 1.82. The molecule has 0 heterocycles. The lowest BCUT2D eigenvalue weighted by Gasteiger charge is -1.85. The molecule has 0 amide bonds. The van der Waals surface area contributed by atoms with E-state index in [1.54, 1.807) is 0 Å². The summed E-state index contributed by atoms with van der Waals surface area (Å²) in [6, 6.07) is 0. The highest BCUT2D eigenvalue weighted by molar-refractivity contribution is 4.85.